The van der Waals surface area contributed by atoms with Gasteiger partial charge in [0.1, 0.15) is 5.54 Å². The smallest absolute Gasteiger partial charge is 0.116 e. The summed E-state index contributed by atoms with van der Waals surface area (Å²) in [5.41, 5.74) is -0.431. The van der Waals surface area contributed by atoms with E-state index in [4.69, 9.17) is 0 Å². The van der Waals surface area contributed by atoms with Gasteiger partial charge in [-0.05, 0) is 46.5 Å². The SMILES string of the molecule is CC1CCC(C)N(CC(C)(C#N)NC(C)C)C1. The van der Waals surface area contributed by atoms with Crippen LogP contribution in [-0.2, 0) is 0 Å². The highest BCUT2D eigenvalue weighted by atomic mass is 15.2. The first-order valence-electron chi connectivity index (χ1n) is 6.79. The van der Waals surface area contributed by atoms with Gasteiger partial charge in [0, 0.05) is 25.2 Å². The third-order valence-electron chi connectivity index (χ3n) is 3.62. The van der Waals surface area contributed by atoms with Crippen molar-refractivity contribution in [3.8, 4) is 6.07 Å². The molecule has 1 saturated heterocycles. The molecule has 3 heteroatoms. The summed E-state index contributed by atoms with van der Waals surface area (Å²) in [7, 11) is 0. The van der Waals surface area contributed by atoms with Crippen LogP contribution in [0.4, 0.5) is 0 Å². The van der Waals surface area contributed by atoms with Gasteiger partial charge < -0.3 is 0 Å². The molecule has 1 heterocycles. The van der Waals surface area contributed by atoms with Gasteiger partial charge in [-0.1, -0.05) is 6.92 Å². The zero-order valence-corrected chi connectivity index (χ0v) is 12.0. The first kappa shape index (κ1) is 14.5. The fraction of sp³-hybridized carbons (Fsp3) is 0.929. The molecule has 0 aliphatic carbocycles. The van der Waals surface area contributed by atoms with E-state index in [1.807, 2.05) is 6.92 Å². The number of hydrogen-bond donors (Lipinski definition) is 1. The van der Waals surface area contributed by atoms with Crippen molar-refractivity contribution in [2.45, 2.75) is 65.1 Å². The van der Waals surface area contributed by atoms with Crippen LogP contribution in [-0.4, -0.2) is 35.6 Å². The van der Waals surface area contributed by atoms with E-state index in [2.05, 4.69) is 44.0 Å². The van der Waals surface area contributed by atoms with Crippen LogP contribution in [0.15, 0.2) is 0 Å². The maximum atomic E-state index is 9.38. The second kappa shape index (κ2) is 5.84. The number of piperidine rings is 1. The molecular weight excluding hydrogens is 210 g/mol. The van der Waals surface area contributed by atoms with Gasteiger partial charge in [0.05, 0.1) is 6.07 Å². The van der Waals surface area contributed by atoms with Gasteiger partial charge in [0.2, 0.25) is 0 Å². The fourth-order valence-corrected chi connectivity index (χ4v) is 2.76. The summed E-state index contributed by atoms with van der Waals surface area (Å²) in [6.07, 6.45) is 2.57. The summed E-state index contributed by atoms with van der Waals surface area (Å²) < 4.78 is 0. The number of nitrogens with one attached hydrogen (secondary N) is 1. The Morgan fingerprint density at radius 3 is 2.59 bits per heavy atom. The highest BCUT2D eigenvalue weighted by molar-refractivity contribution is 5.07. The summed E-state index contributed by atoms with van der Waals surface area (Å²) in [6, 6.07) is 3.39. The lowest BCUT2D eigenvalue weighted by Gasteiger charge is -2.41. The average molecular weight is 237 g/mol. The van der Waals surface area contributed by atoms with Crippen LogP contribution in [0.5, 0.6) is 0 Å². The zero-order chi connectivity index (χ0) is 13.1. The molecule has 17 heavy (non-hydrogen) atoms. The monoisotopic (exact) mass is 237 g/mol. The van der Waals surface area contributed by atoms with Crippen LogP contribution in [0.2, 0.25) is 0 Å². The minimum atomic E-state index is -0.431. The van der Waals surface area contributed by atoms with Crippen molar-refractivity contribution in [3.63, 3.8) is 0 Å². The summed E-state index contributed by atoms with van der Waals surface area (Å²) in [4.78, 5) is 2.47. The molecule has 3 atom stereocenters. The Morgan fingerprint density at radius 1 is 1.41 bits per heavy atom. The molecule has 0 bridgehead atoms. The van der Waals surface area contributed by atoms with E-state index in [1.165, 1.54) is 12.8 Å². The van der Waals surface area contributed by atoms with Crippen LogP contribution in [0.3, 0.4) is 0 Å². The molecule has 1 N–H and O–H groups in total. The molecule has 0 aromatic rings. The van der Waals surface area contributed by atoms with E-state index < -0.39 is 5.54 Å². The van der Waals surface area contributed by atoms with Crippen LogP contribution >= 0.6 is 0 Å². The minimum Gasteiger partial charge on any atom is -0.298 e. The van der Waals surface area contributed by atoms with E-state index in [0.717, 1.165) is 19.0 Å². The van der Waals surface area contributed by atoms with Gasteiger partial charge in [-0.25, -0.2) is 0 Å². The van der Waals surface area contributed by atoms with Crippen LogP contribution in [0.25, 0.3) is 0 Å². The van der Waals surface area contributed by atoms with Crippen molar-refractivity contribution in [1.82, 2.24) is 10.2 Å². The quantitative estimate of drug-likeness (QED) is 0.816. The highest BCUT2D eigenvalue weighted by Gasteiger charge is 2.32. The van der Waals surface area contributed by atoms with Crippen molar-refractivity contribution in [2.24, 2.45) is 5.92 Å². The van der Waals surface area contributed by atoms with E-state index in [0.29, 0.717) is 12.1 Å². The molecule has 1 aliphatic heterocycles. The predicted molar refractivity (Wildman–Crippen MR) is 71.7 cm³/mol. The van der Waals surface area contributed by atoms with E-state index >= 15 is 0 Å². The molecule has 0 saturated carbocycles. The van der Waals surface area contributed by atoms with Gasteiger partial charge in [-0.2, -0.15) is 5.26 Å². The third kappa shape index (κ3) is 4.29. The van der Waals surface area contributed by atoms with Gasteiger partial charge in [0.25, 0.3) is 0 Å². The van der Waals surface area contributed by atoms with Crippen molar-refractivity contribution < 1.29 is 0 Å². The second-order valence-electron chi connectivity index (χ2n) is 6.20. The lowest BCUT2D eigenvalue weighted by molar-refractivity contribution is 0.100. The Morgan fingerprint density at radius 2 is 2.06 bits per heavy atom. The Bertz CT molecular complexity index is 282. The first-order valence-corrected chi connectivity index (χ1v) is 6.79. The Labute approximate surface area is 106 Å². The third-order valence-corrected chi connectivity index (χ3v) is 3.62. The van der Waals surface area contributed by atoms with Crippen molar-refractivity contribution in [3.05, 3.63) is 0 Å². The number of hydrogen-bond acceptors (Lipinski definition) is 3. The lowest BCUT2D eigenvalue weighted by Crippen LogP contribution is -2.56. The molecule has 0 aromatic carbocycles. The molecule has 1 rings (SSSR count). The second-order valence-corrected chi connectivity index (χ2v) is 6.20. The predicted octanol–water partition coefficient (Wildman–Crippen LogP) is 2.39. The van der Waals surface area contributed by atoms with E-state index in [-0.39, 0.29) is 0 Å². The molecule has 0 spiro atoms. The standard InChI is InChI=1S/C14H27N3/c1-11(2)16-14(5,9-15)10-17-8-12(3)6-7-13(17)4/h11-13,16H,6-8,10H2,1-5H3. The van der Waals surface area contributed by atoms with Crippen molar-refractivity contribution in [2.75, 3.05) is 13.1 Å². The molecule has 0 radical (unpaired) electrons. The minimum absolute atomic E-state index is 0.345. The van der Waals surface area contributed by atoms with E-state index in [9.17, 15) is 5.26 Å². The lowest BCUT2D eigenvalue weighted by atomic mass is 9.92. The maximum Gasteiger partial charge on any atom is 0.116 e. The van der Waals surface area contributed by atoms with Gasteiger partial charge in [0.15, 0.2) is 0 Å². The summed E-state index contributed by atoms with van der Waals surface area (Å²) >= 11 is 0. The van der Waals surface area contributed by atoms with E-state index in [1.54, 1.807) is 0 Å². The number of likely N-dealkylation sites (tertiary alicyclic amines) is 1. The number of nitriles is 1. The van der Waals surface area contributed by atoms with Crippen LogP contribution in [0, 0.1) is 17.2 Å². The topological polar surface area (TPSA) is 39.1 Å². The van der Waals surface area contributed by atoms with Crippen LogP contribution in [0.1, 0.15) is 47.5 Å². The largest absolute Gasteiger partial charge is 0.298 e. The van der Waals surface area contributed by atoms with Crippen LogP contribution < -0.4 is 5.32 Å². The molecule has 1 fully saturated rings. The van der Waals surface area contributed by atoms with Gasteiger partial charge in [-0.3, -0.25) is 10.2 Å². The molecular formula is C14H27N3. The molecule has 1 aliphatic rings. The number of nitrogens with zero attached hydrogens (tertiary/aromatic N) is 2. The van der Waals surface area contributed by atoms with Gasteiger partial charge in [-0.15, -0.1) is 0 Å². The fourth-order valence-electron chi connectivity index (χ4n) is 2.76. The molecule has 3 unspecified atom stereocenters. The summed E-state index contributed by atoms with van der Waals surface area (Å²) in [5.74, 6) is 0.758. The first-order chi connectivity index (χ1) is 7.86. The molecule has 3 nitrogen and oxygen atoms in total. The zero-order valence-electron chi connectivity index (χ0n) is 12.0. The Hall–Kier alpha value is -0.590. The maximum absolute atomic E-state index is 9.38. The molecule has 98 valence electrons. The van der Waals surface area contributed by atoms with Gasteiger partial charge >= 0.3 is 0 Å². The molecule has 0 aromatic heterocycles. The molecule has 0 amide bonds. The Balaban J connectivity index is 2.63. The normalized spacial score (nSPS) is 29.9. The highest BCUT2D eigenvalue weighted by Crippen LogP contribution is 2.23. The van der Waals surface area contributed by atoms with Crippen molar-refractivity contribution in [1.29, 1.82) is 5.26 Å². The summed E-state index contributed by atoms with van der Waals surface area (Å²) in [5, 5.41) is 12.8. The Kier molecular flexibility index (Phi) is 4.97. The van der Waals surface area contributed by atoms with Crippen molar-refractivity contribution >= 4 is 0 Å². The summed E-state index contributed by atoms with van der Waals surface area (Å²) in [6.45, 7) is 12.7. The average Bonchev–Trinajstić information content (AvgIpc) is 2.22. The number of rotatable bonds is 4.